The monoisotopic (exact) mass is 289 g/mol. The third kappa shape index (κ3) is 3.63. The van der Waals surface area contributed by atoms with Gasteiger partial charge in [-0.15, -0.1) is 0 Å². The van der Waals surface area contributed by atoms with Crippen molar-refractivity contribution >= 4 is 11.9 Å². The van der Waals surface area contributed by atoms with Crippen molar-refractivity contribution in [1.29, 1.82) is 0 Å². The summed E-state index contributed by atoms with van der Waals surface area (Å²) in [6, 6.07) is 10.1. The first-order valence-corrected chi connectivity index (χ1v) is 7.45. The topological polar surface area (TPSA) is 46.6 Å². The number of hydrogen-bond acceptors (Lipinski definition) is 3. The van der Waals surface area contributed by atoms with E-state index in [9.17, 15) is 9.59 Å². The molecule has 1 aromatic carbocycles. The zero-order valence-corrected chi connectivity index (χ0v) is 12.9. The van der Waals surface area contributed by atoms with Crippen LogP contribution >= 0.6 is 0 Å². The fraction of sp³-hybridized carbons (Fsp3) is 0.529. The lowest BCUT2D eigenvalue weighted by Crippen LogP contribution is -2.28. The fourth-order valence-corrected chi connectivity index (χ4v) is 3.05. The lowest BCUT2D eigenvalue weighted by Gasteiger charge is -2.25. The highest BCUT2D eigenvalue weighted by molar-refractivity contribution is 5.79. The Hall–Kier alpha value is -1.84. The summed E-state index contributed by atoms with van der Waals surface area (Å²) in [4.78, 5) is 25.6. The van der Waals surface area contributed by atoms with E-state index < -0.39 is 0 Å². The molecule has 3 atom stereocenters. The molecule has 1 amide bonds. The Morgan fingerprint density at radius 3 is 2.62 bits per heavy atom. The summed E-state index contributed by atoms with van der Waals surface area (Å²) in [7, 11) is 1.41. The third-order valence-electron chi connectivity index (χ3n) is 4.28. The third-order valence-corrected chi connectivity index (χ3v) is 4.28. The van der Waals surface area contributed by atoms with Crippen LogP contribution in [0, 0.1) is 11.8 Å². The molecule has 1 aromatic rings. The van der Waals surface area contributed by atoms with Crippen molar-refractivity contribution in [3.05, 3.63) is 35.9 Å². The van der Waals surface area contributed by atoms with Crippen LogP contribution in [-0.4, -0.2) is 30.4 Å². The second kappa shape index (κ2) is 6.74. The molecule has 0 saturated carbocycles. The zero-order valence-electron chi connectivity index (χ0n) is 12.9. The van der Waals surface area contributed by atoms with Gasteiger partial charge in [0, 0.05) is 13.0 Å². The number of amides is 1. The van der Waals surface area contributed by atoms with E-state index >= 15 is 0 Å². The molecule has 2 unspecified atom stereocenters. The second-order valence-corrected chi connectivity index (χ2v) is 5.86. The van der Waals surface area contributed by atoms with E-state index in [4.69, 9.17) is 4.74 Å². The Morgan fingerprint density at radius 2 is 2.00 bits per heavy atom. The van der Waals surface area contributed by atoms with Gasteiger partial charge >= 0.3 is 5.97 Å². The largest absolute Gasteiger partial charge is 0.469 e. The molecule has 0 aliphatic carbocycles. The Kier molecular flexibility index (Phi) is 4.99. The molecule has 114 valence electrons. The molecule has 21 heavy (non-hydrogen) atoms. The van der Waals surface area contributed by atoms with Crippen molar-refractivity contribution in [2.75, 3.05) is 13.7 Å². The summed E-state index contributed by atoms with van der Waals surface area (Å²) in [5.41, 5.74) is 1.15. The minimum Gasteiger partial charge on any atom is -0.469 e. The number of likely N-dealkylation sites (tertiary alicyclic amines) is 1. The predicted molar refractivity (Wildman–Crippen MR) is 80.5 cm³/mol. The summed E-state index contributed by atoms with van der Waals surface area (Å²) in [5, 5.41) is 0. The number of carbonyl (C=O) groups excluding carboxylic acids is 2. The van der Waals surface area contributed by atoms with Gasteiger partial charge < -0.3 is 9.64 Å². The summed E-state index contributed by atoms with van der Waals surface area (Å²) >= 11 is 0. The molecule has 2 rings (SSSR count). The van der Waals surface area contributed by atoms with Gasteiger partial charge in [0.15, 0.2) is 0 Å². The van der Waals surface area contributed by atoms with Crippen LogP contribution in [0.5, 0.6) is 0 Å². The molecule has 0 aromatic heterocycles. The van der Waals surface area contributed by atoms with Crippen LogP contribution in [0.25, 0.3) is 0 Å². The maximum atomic E-state index is 12.2. The van der Waals surface area contributed by atoms with Crippen molar-refractivity contribution in [2.45, 2.75) is 32.7 Å². The highest BCUT2D eigenvalue weighted by Crippen LogP contribution is 2.31. The quantitative estimate of drug-likeness (QED) is 0.783. The van der Waals surface area contributed by atoms with Gasteiger partial charge in [-0.2, -0.15) is 0 Å². The summed E-state index contributed by atoms with van der Waals surface area (Å²) < 4.78 is 4.76. The Bertz CT molecular complexity index is 500. The molecule has 1 heterocycles. The highest BCUT2D eigenvalue weighted by atomic mass is 16.5. The van der Waals surface area contributed by atoms with Gasteiger partial charge in [-0.05, 0) is 24.8 Å². The standard InChI is InChI=1S/C17H23NO3/c1-12(17(20)21-3)9-14-10-16(19)18(11-14)13(2)15-7-5-4-6-8-15/h4-8,12-14H,9-11H2,1-3H3/t12?,13-,14?/m0/s1. The first kappa shape index (κ1) is 15.5. The van der Waals surface area contributed by atoms with E-state index in [1.807, 2.05) is 42.2 Å². The van der Waals surface area contributed by atoms with Crippen molar-refractivity contribution < 1.29 is 14.3 Å². The number of benzene rings is 1. The molecule has 1 aliphatic rings. The molecule has 0 radical (unpaired) electrons. The normalized spacial score (nSPS) is 21.2. The smallest absolute Gasteiger partial charge is 0.308 e. The minimum absolute atomic E-state index is 0.0807. The second-order valence-electron chi connectivity index (χ2n) is 5.86. The molecule has 0 spiro atoms. The maximum Gasteiger partial charge on any atom is 0.308 e. The number of ether oxygens (including phenoxy) is 1. The van der Waals surface area contributed by atoms with Crippen LogP contribution in [0.2, 0.25) is 0 Å². The van der Waals surface area contributed by atoms with Gasteiger partial charge in [0.05, 0.1) is 19.1 Å². The van der Waals surface area contributed by atoms with Crippen molar-refractivity contribution in [3.8, 4) is 0 Å². The summed E-state index contributed by atoms with van der Waals surface area (Å²) in [6.45, 7) is 4.63. The van der Waals surface area contributed by atoms with E-state index in [0.717, 1.165) is 12.1 Å². The SMILES string of the molecule is COC(=O)C(C)CC1CC(=O)N([C@@H](C)c2ccccc2)C1. The maximum absolute atomic E-state index is 12.2. The van der Waals surface area contributed by atoms with Gasteiger partial charge in [-0.25, -0.2) is 0 Å². The molecule has 1 fully saturated rings. The predicted octanol–water partition coefficient (Wildman–Crippen LogP) is 2.80. The Morgan fingerprint density at radius 1 is 1.33 bits per heavy atom. The van der Waals surface area contributed by atoms with Gasteiger partial charge in [-0.3, -0.25) is 9.59 Å². The van der Waals surface area contributed by atoms with E-state index in [1.54, 1.807) is 0 Å². The molecule has 0 bridgehead atoms. The fourth-order valence-electron chi connectivity index (χ4n) is 3.05. The van der Waals surface area contributed by atoms with E-state index in [0.29, 0.717) is 12.8 Å². The van der Waals surface area contributed by atoms with E-state index in [1.165, 1.54) is 7.11 Å². The number of hydrogen-bond donors (Lipinski definition) is 0. The van der Waals surface area contributed by atoms with Gasteiger partial charge in [-0.1, -0.05) is 37.3 Å². The van der Waals surface area contributed by atoms with Crippen LogP contribution in [0.1, 0.15) is 38.3 Å². The Balaban J connectivity index is 1.98. The van der Waals surface area contributed by atoms with Crippen LogP contribution in [0.4, 0.5) is 0 Å². The first-order valence-electron chi connectivity index (χ1n) is 7.45. The van der Waals surface area contributed by atoms with Crippen molar-refractivity contribution in [2.24, 2.45) is 11.8 Å². The Labute approximate surface area is 126 Å². The van der Waals surface area contributed by atoms with Crippen molar-refractivity contribution in [1.82, 2.24) is 4.90 Å². The van der Waals surface area contributed by atoms with Crippen LogP contribution < -0.4 is 0 Å². The van der Waals surface area contributed by atoms with Gasteiger partial charge in [0.1, 0.15) is 0 Å². The van der Waals surface area contributed by atoms with Gasteiger partial charge in [0.2, 0.25) is 5.91 Å². The molecular weight excluding hydrogens is 266 g/mol. The average Bonchev–Trinajstić information content (AvgIpc) is 2.86. The number of nitrogens with zero attached hydrogens (tertiary/aromatic N) is 1. The molecule has 4 heteroatoms. The van der Waals surface area contributed by atoms with E-state index in [2.05, 4.69) is 6.92 Å². The lowest BCUT2D eigenvalue weighted by atomic mass is 9.95. The average molecular weight is 289 g/mol. The summed E-state index contributed by atoms with van der Waals surface area (Å²) in [5.74, 6) is 0.0583. The number of rotatable bonds is 5. The van der Waals surface area contributed by atoms with Crippen LogP contribution in [0.3, 0.4) is 0 Å². The molecule has 0 N–H and O–H groups in total. The molecule has 1 saturated heterocycles. The number of carbonyl (C=O) groups is 2. The first-order chi connectivity index (χ1) is 10.0. The highest BCUT2D eigenvalue weighted by Gasteiger charge is 2.34. The number of esters is 1. The van der Waals surface area contributed by atoms with E-state index in [-0.39, 0.29) is 29.8 Å². The van der Waals surface area contributed by atoms with Crippen molar-refractivity contribution in [3.63, 3.8) is 0 Å². The molecular formula is C17H23NO3. The minimum atomic E-state index is -0.197. The van der Waals surface area contributed by atoms with Crippen LogP contribution in [-0.2, 0) is 14.3 Å². The zero-order chi connectivity index (χ0) is 15.4. The number of methoxy groups -OCH3 is 1. The lowest BCUT2D eigenvalue weighted by molar-refractivity contribution is -0.145. The van der Waals surface area contributed by atoms with Crippen LogP contribution in [0.15, 0.2) is 30.3 Å². The molecule has 1 aliphatic heterocycles. The summed E-state index contributed by atoms with van der Waals surface area (Å²) in [6.07, 6.45) is 1.23. The molecule has 4 nitrogen and oxygen atoms in total. The van der Waals surface area contributed by atoms with Gasteiger partial charge in [0.25, 0.3) is 0 Å².